The van der Waals surface area contributed by atoms with Gasteiger partial charge in [0.2, 0.25) is 0 Å². The Balaban J connectivity index is 1.77. The number of non-ortho nitro benzene ring substituents is 1. The normalized spacial score (nSPS) is 11.0. The van der Waals surface area contributed by atoms with Gasteiger partial charge in [0.25, 0.3) is 11.6 Å². The Morgan fingerprint density at radius 1 is 1.03 bits per heavy atom. The van der Waals surface area contributed by atoms with Gasteiger partial charge in [-0.2, -0.15) is 0 Å². The molecule has 3 aromatic carbocycles. The third-order valence-corrected chi connectivity index (χ3v) is 5.55. The second-order valence-electron chi connectivity index (χ2n) is 6.71. The van der Waals surface area contributed by atoms with Crippen LogP contribution in [0.25, 0.3) is 6.08 Å². The van der Waals surface area contributed by atoms with E-state index in [1.165, 1.54) is 18.2 Å². The van der Waals surface area contributed by atoms with Crippen LogP contribution in [0.4, 0.5) is 5.69 Å². The lowest BCUT2D eigenvalue weighted by molar-refractivity contribution is -0.384. The average molecular weight is 576 g/mol. The summed E-state index contributed by atoms with van der Waals surface area (Å²) in [6.07, 6.45) is 1.33. The molecule has 0 bridgehead atoms. The predicted molar refractivity (Wildman–Crippen MR) is 129 cm³/mol. The summed E-state index contributed by atoms with van der Waals surface area (Å²) in [6, 6.07) is 17.6. The van der Waals surface area contributed by atoms with E-state index < -0.39 is 16.8 Å². The highest BCUT2D eigenvalue weighted by Gasteiger charge is 2.15. The zero-order valence-electron chi connectivity index (χ0n) is 16.8. The molecule has 0 aliphatic heterocycles. The van der Waals surface area contributed by atoms with Gasteiger partial charge in [-0.05, 0) is 85.5 Å². The summed E-state index contributed by atoms with van der Waals surface area (Å²) in [5.41, 5.74) is 1.28. The van der Waals surface area contributed by atoms with Crippen molar-refractivity contribution in [2.24, 2.45) is 0 Å². The van der Waals surface area contributed by atoms with Gasteiger partial charge in [0.1, 0.15) is 18.1 Å². The molecular formula is C23H16Br2N2O6. The summed E-state index contributed by atoms with van der Waals surface area (Å²) in [5, 5.41) is 22.7. The number of rotatable bonds is 8. The van der Waals surface area contributed by atoms with Gasteiger partial charge >= 0.3 is 5.97 Å². The summed E-state index contributed by atoms with van der Waals surface area (Å²) in [6.45, 7) is 0.165. The Morgan fingerprint density at radius 3 is 2.18 bits per heavy atom. The van der Waals surface area contributed by atoms with Gasteiger partial charge in [0, 0.05) is 17.7 Å². The Labute approximate surface area is 205 Å². The van der Waals surface area contributed by atoms with Crippen molar-refractivity contribution in [1.29, 1.82) is 0 Å². The lowest BCUT2D eigenvalue weighted by Gasteiger charge is -2.12. The van der Waals surface area contributed by atoms with Crippen molar-refractivity contribution in [3.8, 4) is 5.75 Å². The number of benzene rings is 3. The maximum atomic E-state index is 12.3. The summed E-state index contributed by atoms with van der Waals surface area (Å²) in [7, 11) is 0. The Hall–Kier alpha value is -3.50. The molecule has 8 nitrogen and oxygen atoms in total. The number of hydrogen-bond acceptors (Lipinski definition) is 5. The number of nitro groups is 1. The van der Waals surface area contributed by atoms with Crippen molar-refractivity contribution < 1.29 is 24.4 Å². The third-order valence-electron chi connectivity index (χ3n) is 4.38. The van der Waals surface area contributed by atoms with Crippen molar-refractivity contribution in [1.82, 2.24) is 5.32 Å². The molecule has 0 spiro atoms. The van der Waals surface area contributed by atoms with Crippen LogP contribution in [0.3, 0.4) is 0 Å². The second kappa shape index (κ2) is 10.9. The highest BCUT2D eigenvalue weighted by Crippen LogP contribution is 2.36. The van der Waals surface area contributed by atoms with E-state index in [9.17, 15) is 24.8 Å². The summed E-state index contributed by atoms with van der Waals surface area (Å²) in [4.78, 5) is 34.3. The van der Waals surface area contributed by atoms with Crippen molar-refractivity contribution in [3.05, 3.63) is 108 Å². The van der Waals surface area contributed by atoms with Crippen molar-refractivity contribution in [3.63, 3.8) is 0 Å². The topological polar surface area (TPSA) is 119 Å². The maximum absolute atomic E-state index is 12.3. The molecule has 3 rings (SSSR count). The molecule has 0 aromatic heterocycles. The Morgan fingerprint density at radius 2 is 1.64 bits per heavy atom. The fourth-order valence-corrected chi connectivity index (χ4v) is 4.22. The molecule has 33 heavy (non-hydrogen) atoms. The molecule has 0 aliphatic carbocycles. The molecule has 0 heterocycles. The van der Waals surface area contributed by atoms with Crippen LogP contribution in [0.5, 0.6) is 5.75 Å². The van der Waals surface area contributed by atoms with Gasteiger partial charge in [-0.15, -0.1) is 0 Å². The molecule has 1 amide bonds. The fraction of sp³-hybridized carbons (Fsp3) is 0.0435. The minimum Gasteiger partial charge on any atom is -0.487 e. The standard InChI is InChI=1S/C23H16Br2N2O6/c24-18-10-15(12-20(23(29)30)26-22(28)16-4-2-1-3-5-16)11-19(25)21(18)33-13-14-6-8-17(9-7-14)27(31)32/h1-12H,13H2,(H,26,28)(H,29,30)/b20-12+. The van der Waals surface area contributed by atoms with Crippen LogP contribution in [-0.2, 0) is 11.4 Å². The molecular weight excluding hydrogens is 560 g/mol. The van der Waals surface area contributed by atoms with E-state index in [0.29, 0.717) is 25.8 Å². The highest BCUT2D eigenvalue weighted by molar-refractivity contribution is 9.11. The smallest absolute Gasteiger partial charge is 0.352 e. The SMILES string of the molecule is O=C(O)/C(=C\c1cc(Br)c(OCc2ccc([N+](=O)[O-])cc2)c(Br)c1)NC(=O)c1ccccc1. The van der Waals surface area contributed by atoms with Crippen molar-refractivity contribution in [2.45, 2.75) is 6.61 Å². The quantitative estimate of drug-likeness (QED) is 0.206. The largest absolute Gasteiger partial charge is 0.487 e. The minimum absolute atomic E-state index is 0.00848. The third kappa shape index (κ3) is 6.50. The first-order valence-electron chi connectivity index (χ1n) is 9.41. The van der Waals surface area contributed by atoms with Crippen LogP contribution in [0.1, 0.15) is 21.5 Å². The van der Waals surface area contributed by atoms with E-state index in [1.54, 1.807) is 54.6 Å². The van der Waals surface area contributed by atoms with Gasteiger partial charge in [-0.1, -0.05) is 18.2 Å². The zero-order valence-corrected chi connectivity index (χ0v) is 20.0. The number of carboxylic acid groups (broad SMARTS) is 1. The van der Waals surface area contributed by atoms with E-state index in [4.69, 9.17) is 4.74 Å². The molecule has 0 radical (unpaired) electrons. The Bertz CT molecular complexity index is 1200. The number of halogens is 2. The molecule has 0 saturated carbocycles. The average Bonchev–Trinajstić information content (AvgIpc) is 2.78. The lowest BCUT2D eigenvalue weighted by Crippen LogP contribution is -2.27. The van der Waals surface area contributed by atoms with E-state index in [2.05, 4.69) is 37.2 Å². The molecule has 10 heteroatoms. The monoisotopic (exact) mass is 574 g/mol. The number of carbonyl (C=O) groups excluding carboxylic acids is 1. The zero-order chi connectivity index (χ0) is 24.0. The Kier molecular flexibility index (Phi) is 7.96. The molecule has 0 saturated heterocycles. The van der Waals surface area contributed by atoms with E-state index >= 15 is 0 Å². The van der Waals surface area contributed by atoms with E-state index in [-0.39, 0.29) is 18.0 Å². The van der Waals surface area contributed by atoms with Crippen LogP contribution in [0, 0.1) is 10.1 Å². The van der Waals surface area contributed by atoms with Crippen LogP contribution < -0.4 is 10.1 Å². The van der Waals surface area contributed by atoms with Crippen LogP contribution in [-0.4, -0.2) is 21.9 Å². The first-order valence-corrected chi connectivity index (χ1v) is 11.0. The van der Waals surface area contributed by atoms with Gasteiger partial charge in [-0.25, -0.2) is 4.79 Å². The summed E-state index contributed by atoms with van der Waals surface area (Å²) in [5.74, 6) is -1.36. The van der Waals surface area contributed by atoms with E-state index in [1.807, 2.05) is 0 Å². The molecule has 2 N–H and O–H groups in total. The second-order valence-corrected chi connectivity index (χ2v) is 8.42. The van der Waals surface area contributed by atoms with Crippen molar-refractivity contribution >= 4 is 55.5 Å². The number of nitrogens with zero attached hydrogens (tertiary/aromatic N) is 1. The predicted octanol–water partition coefficient (Wildman–Crippen LogP) is 5.55. The van der Waals surface area contributed by atoms with Gasteiger partial charge in [0.15, 0.2) is 0 Å². The van der Waals surface area contributed by atoms with Crippen molar-refractivity contribution in [2.75, 3.05) is 0 Å². The number of amides is 1. The van der Waals surface area contributed by atoms with Gasteiger partial charge < -0.3 is 15.2 Å². The summed E-state index contributed by atoms with van der Waals surface area (Å²) < 4.78 is 6.90. The highest BCUT2D eigenvalue weighted by atomic mass is 79.9. The fourth-order valence-electron chi connectivity index (χ4n) is 2.77. The summed E-state index contributed by atoms with van der Waals surface area (Å²) >= 11 is 6.82. The molecule has 3 aromatic rings. The molecule has 0 aliphatic rings. The minimum atomic E-state index is -1.29. The molecule has 0 fully saturated rings. The maximum Gasteiger partial charge on any atom is 0.352 e. The molecule has 168 valence electrons. The molecule has 0 atom stereocenters. The first kappa shape index (κ1) is 24.1. The number of carbonyl (C=O) groups is 2. The van der Waals surface area contributed by atoms with Gasteiger partial charge in [0.05, 0.1) is 13.9 Å². The van der Waals surface area contributed by atoms with Crippen LogP contribution in [0.15, 0.2) is 81.4 Å². The lowest BCUT2D eigenvalue weighted by atomic mass is 10.1. The first-order chi connectivity index (χ1) is 15.7. The number of aliphatic carboxylic acids is 1. The number of carboxylic acids is 1. The number of hydrogen-bond donors (Lipinski definition) is 2. The van der Waals surface area contributed by atoms with Crippen LogP contribution in [0.2, 0.25) is 0 Å². The van der Waals surface area contributed by atoms with E-state index in [0.717, 1.165) is 5.56 Å². The number of nitrogens with one attached hydrogen (secondary N) is 1. The van der Waals surface area contributed by atoms with Gasteiger partial charge in [-0.3, -0.25) is 14.9 Å². The number of ether oxygens (including phenoxy) is 1. The molecule has 0 unspecified atom stereocenters. The van der Waals surface area contributed by atoms with Crippen LogP contribution >= 0.6 is 31.9 Å². The number of nitro benzene ring substituents is 1.